The summed E-state index contributed by atoms with van der Waals surface area (Å²) in [5.74, 6) is 4.90. The largest absolute Gasteiger partial charge is 0.396 e. The minimum Gasteiger partial charge on any atom is -0.396 e. The lowest BCUT2D eigenvalue weighted by atomic mass is 9.47. The van der Waals surface area contributed by atoms with Crippen LogP contribution in [-0.4, -0.2) is 11.7 Å². The lowest BCUT2D eigenvalue weighted by Crippen LogP contribution is -2.50. The molecule has 0 saturated heterocycles. The van der Waals surface area contributed by atoms with Crippen molar-refractivity contribution in [1.82, 2.24) is 0 Å². The van der Waals surface area contributed by atoms with E-state index in [0.717, 1.165) is 29.6 Å². The maximum absolute atomic E-state index is 9.58. The average Bonchev–Trinajstić information content (AvgIpc) is 3.10. The van der Waals surface area contributed by atoms with Crippen LogP contribution in [0.25, 0.3) is 0 Å². The van der Waals surface area contributed by atoms with E-state index < -0.39 is 0 Å². The third-order valence-corrected chi connectivity index (χ3v) is 10.9. The topological polar surface area (TPSA) is 20.2 Å². The van der Waals surface area contributed by atoms with E-state index >= 15 is 0 Å². The Bertz CT molecular complexity index is 674. The lowest BCUT2D eigenvalue weighted by molar-refractivity contribution is -0.0498. The quantitative estimate of drug-likeness (QED) is 0.439. The van der Waals surface area contributed by atoms with Crippen LogP contribution in [0.3, 0.4) is 0 Å². The molecule has 0 aromatic rings. The van der Waals surface area contributed by atoms with Gasteiger partial charge in [-0.15, -0.1) is 0 Å². The van der Waals surface area contributed by atoms with E-state index in [4.69, 9.17) is 0 Å². The summed E-state index contributed by atoms with van der Waals surface area (Å²) < 4.78 is 0. The van der Waals surface area contributed by atoms with Gasteiger partial charge in [-0.1, -0.05) is 57.4 Å². The van der Waals surface area contributed by atoms with Gasteiger partial charge in [0.1, 0.15) is 0 Å². The Balaban J connectivity index is 1.47. The Kier molecular flexibility index (Phi) is 6.61. The second kappa shape index (κ2) is 8.76. The molecule has 0 aliphatic heterocycles. The number of aliphatic hydroxyl groups excluding tert-OH is 1. The zero-order chi connectivity index (χ0) is 21.5. The Morgan fingerprint density at radius 3 is 2.67 bits per heavy atom. The van der Waals surface area contributed by atoms with Gasteiger partial charge in [-0.05, 0) is 112 Å². The van der Waals surface area contributed by atoms with Crippen LogP contribution >= 0.6 is 0 Å². The molecular formula is C29H48O. The zero-order valence-electron chi connectivity index (χ0n) is 20.6. The van der Waals surface area contributed by atoms with Crippen LogP contribution in [0.5, 0.6) is 0 Å². The van der Waals surface area contributed by atoms with Crippen molar-refractivity contribution in [2.75, 3.05) is 6.61 Å². The summed E-state index contributed by atoms with van der Waals surface area (Å²) in [7, 11) is 0. The Hall–Kier alpha value is -0.560. The molecule has 1 N–H and O–H groups in total. The fourth-order valence-electron chi connectivity index (χ4n) is 9.06. The van der Waals surface area contributed by atoms with Gasteiger partial charge in [0.2, 0.25) is 0 Å². The van der Waals surface area contributed by atoms with Gasteiger partial charge in [-0.25, -0.2) is 0 Å². The van der Waals surface area contributed by atoms with E-state index in [2.05, 4.69) is 46.8 Å². The molecule has 8 atom stereocenters. The van der Waals surface area contributed by atoms with Crippen LogP contribution < -0.4 is 0 Å². The minimum atomic E-state index is 0.286. The van der Waals surface area contributed by atoms with Crippen LogP contribution in [0.1, 0.15) is 105 Å². The molecule has 0 aromatic carbocycles. The minimum absolute atomic E-state index is 0.286. The fourth-order valence-corrected chi connectivity index (χ4v) is 9.06. The summed E-state index contributed by atoms with van der Waals surface area (Å²) in [5, 5.41) is 9.58. The predicted molar refractivity (Wildman–Crippen MR) is 128 cm³/mol. The molecule has 4 aliphatic carbocycles. The first-order valence-electron chi connectivity index (χ1n) is 13.3. The first-order chi connectivity index (χ1) is 14.3. The first kappa shape index (κ1) is 22.6. The highest BCUT2D eigenvalue weighted by Gasteiger charge is 2.58. The standard InChI is InChI=1S/C29H48O/c1-6-22(21(3)19-30)11-10-20(2)25-14-15-26-24-13-12-23-9-7-8-17-28(23,4)27(24)16-18-29(25,26)5/h6,12,20-21,24-27,30H,7-11,13-19H2,1-5H3/b22-6+/t20-,21?,24+,25-,26+,27+,28+,29-/m1/s1. The zero-order valence-corrected chi connectivity index (χ0v) is 20.6. The highest BCUT2D eigenvalue weighted by Crippen LogP contribution is 2.67. The summed E-state index contributed by atoms with van der Waals surface area (Å²) >= 11 is 0. The van der Waals surface area contributed by atoms with E-state index in [9.17, 15) is 5.11 Å². The number of fused-ring (bicyclic) bond motifs is 5. The second-order valence-electron chi connectivity index (χ2n) is 12.2. The Morgan fingerprint density at radius 2 is 1.93 bits per heavy atom. The van der Waals surface area contributed by atoms with Gasteiger partial charge in [0.25, 0.3) is 0 Å². The van der Waals surface area contributed by atoms with Crippen molar-refractivity contribution in [2.24, 2.45) is 46.3 Å². The molecule has 1 unspecified atom stereocenters. The molecule has 4 rings (SSSR count). The number of allylic oxidation sites excluding steroid dienone is 3. The molecule has 30 heavy (non-hydrogen) atoms. The van der Waals surface area contributed by atoms with Crippen molar-refractivity contribution in [3.63, 3.8) is 0 Å². The fraction of sp³-hybridized carbons (Fsp3) is 0.862. The van der Waals surface area contributed by atoms with Gasteiger partial charge in [0, 0.05) is 12.5 Å². The SMILES string of the molecule is C/C=C(\CC[C@@H](C)[C@H]1CC[C@H]2[C@@H]3CC=C4CCCC[C@]4(C)[C@H]3CC[C@]12C)C(C)CO. The highest BCUT2D eigenvalue weighted by atomic mass is 16.3. The molecule has 0 heterocycles. The van der Waals surface area contributed by atoms with Crippen molar-refractivity contribution in [2.45, 2.75) is 105 Å². The van der Waals surface area contributed by atoms with Crippen LogP contribution in [0, 0.1) is 46.3 Å². The summed E-state index contributed by atoms with van der Waals surface area (Å²) in [6, 6.07) is 0. The second-order valence-corrected chi connectivity index (χ2v) is 12.2. The molecule has 1 nitrogen and oxygen atoms in total. The summed E-state index contributed by atoms with van der Waals surface area (Å²) in [6.07, 6.45) is 20.5. The van der Waals surface area contributed by atoms with Gasteiger partial charge in [0.05, 0.1) is 0 Å². The predicted octanol–water partition coefficient (Wildman–Crippen LogP) is 7.95. The molecule has 0 radical (unpaired) electrons. The first-order valence-corrected chi connectivity index (χ1v) is 13.3. The van der Waals surface area contributed by atoms with Gasteiger partial charge in [0.15, 0.2) is 0 Å². The van der Waals surface area contributed by atoms with Crippen LogP contribution in [0.15, 0.2) is 23.3 Å². The molecule has 0 aromatic heterocycles. The van der Waals surface area contributed by atoms with E-state index in [1.54, 1.807) is 0 Å². The van der Waals surface area contributed by atoms with Crippen LogP contribution in [0.2, 0.25) is 0 Å². The van der Waals surface area contributed by atoms with E-state index in [1.807, 2.05) is 5.57 Å². The summed E-state index contributed by atoms with van der Waals surface area (Å²) in [4.78, 5) is 0. The van der Waals surface area contributed by atoms with Crippen molar-refractivity contribution in [3.05, 3.63) is 23.3 Å². The van der Waals surface area contributed by atoms with Gasteiger partial charge in [-0.3, -0.25) is 0 Å². The molecule has 170 valence electrons. The van der Waals surface area contributed by atoms with Crippen LogP contribution in [0.4, 0.5) is 0 Å². The van der Waals surface area contributed by atoms with Crippen molar-refractivity contribution in [3.8, 4) is 0 Å². The maximum atomic E-state index is 9.58. The van der Waals surface area contributed by atoms with Gasteiger partial charge < -0.3 is 5.11 Å². The van der Waals surface area contributed by atoms with Gasteiger partial charge in [-0.2, -0.15) is 0 Å². The number of hydrogen-bond donors (Lipinski definition) is 1. The van der Waals surface area contributed by atoms with Crippen molar-refractivity contribution >= 4 is 0 Å². The molecule has 1 heteroatoms. The molecular weight excluding hydrogens is 364 g/mol. The molecule has 4 aliphatic rings. The van der Waals surface area contributed by atoms with Crippen LogP contribution in [-0.2, 0) is 0 Å². The normalized spacial score (nSPS) is 43.3. The van der Waals surface area contributed by atoms with E-state index in [-0.39, 0.29) is 6.61 Å². The van der Waals surface area contributed by atoms with Crippen molar-refractivity contribution < 1.29 is 5.11 Å². The lowest BCUT2D eigenvalue weighted by Gasteiger charge is -2.58. The number of rotatable bonds is 6. The third kappa shape index (κ3) is 3.66. The van der Waals surface area contributed by atoms with E-state index in [1.165, 1.54) is 76.2 Å². The monoisotopic (exact) mass is 412 g/mol. The van der Waals surface area contributed by atoms with Crippen molar-refractivity contribution in [1.29, 1.82) is 0 Å². The summed E-state index contributed by atoms with van der Waals surface area (Å²) in [5.41, 5.74) is 4.41. The molecule has 0 amide bonds. The highest BCUT2D eigenvalue weighted by molar-refractivity contribution is 5.24. The molecule has 0 bridgehead atoms. The smallest absolute Gasteiger partial charge is 0.0493 e. The molecule has 3 fully saturated rings. The Morgan fingerprint density at radius 1 is 1.13 bits per heavy atom. The average molecular weight is 413 g/mol. The third-order valence-electron chi connectivity index (χ3n) is 10.9. The number of hydrogen-bond acceptors (Lipinski definition) is 1. The van der Waals surface area contributed by atoms with E-state index in [0.29, 0.717) is 16.7 Å². The summed E-state index contributed by atoms with van der Waals surface area (Å²) in [6.45, 7) is 12.5. The van der Waals surface area contributed by atoms with Gasteiger partial charge >= 0.3 is 0 Å². The Labute approximate surface area is 186 Å². The number of aliphatic hydroxyl groups is 1. The molecule has 3 saturated carbocycles. The maximum Gasteiger partial charge on any atom is 0.0493 e. The molecule has 0 spiro atoms.